The average Bonchev–Trinajstić information content (AvgIpc) is 2.88. The third-order valence-electron chi connectivity index (χ3n) is 3.84. The van der Waals surface area contributed by atoms with Gasteiger partial charge in [0, 0.05) is 18.5 Å². The van der Waals surface area contributed by atoms with Crippen LogP contribution >= 0.6 is 12.2 Å². The molecule has 3 rings (SSSR count). The Bertz CT molecular complexity index is 440. The van der Waals surface area contributed by atoms with E-state index in [-0.39, 0.29) is 0 Å². The van der Waals surface area contributed by atoms with E-state index in [0.29, 0.717) is 12.0 Å². The zero-order valence-corrected chi connectivity index (χ0v) is 11.2. The van der Waals surface area contributed by atoms with Crippen molar-refractivity contribution in [2.24, 2.45) is 0 Å². The minimum atomic E-state index is 0.440. The lowest BCUT2D eigenvalue weighted by atomic mass is 10.3. The number of aromatic amines is 1. The summed E-state index contributed by atoms with van der Waals surface area (Å²) in [5.74, 6) is 1.84. The maximum Gasteiger partial charge on any atom is 0.195 e. The summed E-state index contributed by atoms with van der Waals surface area (Å²) in [7, 11) is 0. The maximum absolute atomic E-state index is 5.36. The van der Waals surface area contributed by atoms with E-state index in [1.54, 1.807) is 0 Å². The van der Waals surface area contributed by atoms with Crippen molar-refractivity contribution in [1.82, 2.24) is 19.7 Å². The van der Waals surface area contributed by atoms with Crippen LogP contribution in [0.1, 0.15) is 50.4 Å². The molecule has 2 heterocycles. The van der Waals surface area contributed by atoms with Crippen molar-refractivity contribution in [3.8, 4) is 0 Å². The standard InChI is InChI=1S/C12H20N4S/c1-9(8-15-6-2-3-7-15)16-11(10-4-5-10)13-14-12(16)17/h9-10H,2-8H2,1H3,(H,14,17). The molecule has 0 amide bonds. The second-order valence-electron chi connectivity index (χ2n) is 5.39. The van der Waals surface area contributed by atoms with E-state index in [2.05, 4.69) is 26.6 Å². The van der Waals surface area contributed by atoms with Crippen LogP contribution in [0.4, 0.5) is 0 Å². The molecular formula is C12H20N4S. The van der Waals surface area contributed by atoms with Gasteiger partial charge in [0.2, 0.25) is 0 Å². The fourth-order valence-corrected chi connectivity index (χ4v) is 3.11. The third-order valence-corrected chi connectivity index (χ3v) is 4.12. The molecule has 1 aromatic heterocycles. The molecule has 1 N–H and O–H groups in total. The van der Waals surface area contributed by atoms with Gasteiger partial charge in [-0.15, -0.1) is 0 Å². The molecule has 1 aromatic rings. The molecule has 4 nitrogen and oxygen atoms in total. The number of nitrogens with zero attached hydrogens (tertiary/aromatic N) is 3. The molecule has 1 aliphatic heterocycles. The molecule has 0 bridgehead atoms. The second-order valence-corrected chi connectivity index (χ2v) is 5.77. The molecule has 5 heteroatoms. The summed E-state index contributed by atoms with van der Waals surface area (Å²) in [6.45, 7) is 5.85. The van der Waals surface area contributed by atoms with Crippen LogP contribution in [-0.2, 0) is 0 Å². The molecule has 2 aliphatic rings. The molecular weight excluding hydrogens is 232 g/mol. The third kappa shape index (κ3) is 2.31. The Morgan fingerprint density at radius 1 is 1.41 bits per heavy atom. The van der Waals surface area contributed by atoms with E-state index in [4.69, 9.17) is 12.2 Å². The van der Waals surface area contributed by atoms with E-state index >= 15 is 0 Å². The molecule has 0 aromatic carbocycles. The van der Waals surface area contributed by atoms with Crippen LogP contribution in [0.2, 0.25) is 0 Å². The number of H-pyrrole nitrogens is 1. The highest BCUT2D eigenvalue weighted by Crippen LogP contribution is 2.39. The SMILES string of the molecule is CC(CN1CCCC1)n1c(C2CC2)n[nH]c1=S. The van der Waals surface area contributed by atoms with E-state index in [9.17, 15) is 0 Å². The van der Waals surface area contributed by atoms with Crippen molar-refractivity contribution in [3.63, 3.8) is 0 Å². The number of likely N-dealkylation sites (tertiary alicyclic amines) is 1. The van der Waals surface area contributed by atoms with Gasteiger partial charge < -0.3 is 4.90 Å². The summed E-state index contributed by atoms with van der Waals surface area (Å²) in [6.07, 6.45) is 5.24. The van der Waals surface area contributed by atoms with E-state index in [1.165, 1.54) is 44.6 Å². The van der Waals surface area contributed by atoms with Gasteiger partial charge in [0.25, 0.3) is 0 Å². The summed E-state index contributed by atoms with van der Waals surface area (Å²) in [4.78, 5) is 2.54. The van der Waals surface area contributed by atoms with Gasteiger partial charge in [-0.3, -0.25) is 9.67 Å². The number of aromatic nitrogens is 3. The average molecular weight is 252 g/mol. The van der Waals surface area contributed by atoms with Gasteiger partial charge in [-0.1, -0.05) is 0 Å². The molecule has 17 heavy (non-hydrogen) atoms. The highest BCUT2D eigenvalue weighted by molar-refractivity contribution is 7.71. The van der Waals surface area contributed by atoms with Gasteiger partial charge in [-0.05, 0) is 57.9 Å². The van der Waals surface area contributed by atoms with Crippen molar-refractivity contribution in [3.05, 3.63) is 10.6 Å². The monoisotopic (exact) mass is 252 g/mol. The van der Waals surface area contributed by atoms with Crippen LogP contribution < -0.4 is 0 Å². The first kappa shape index (κ1) is 11.4. The molecule has 0 spiro atoms. The highest BCUT2D eigenvalue weighted by atomic mass is 32.1. The minimum Gasteiger partial charge on any atom is -0.301 e. The number of hydrogen-bond acceptors (Lipinski definition) is 3. The number of nitrogens with one attached hydrogen (secondary N) is 1. The predicted molar refractivity (Wildman–Crippen MR) is 69.8 cm³/mol. The molecule has 1 saturated carbocycles. The van der Waals surface area contributed by atoms with Crippen molar-refractivity contribution in [2.45, 2.75) is 44.6 Å². The molecule has 0 radical (unpaired) electrons. The zero-order chi connectivity index (χ0) is 11.8. The zero-order valence-electron chi connectivity index (χ0n) is 10.4. The molecule has 94 valence electrons. The highest BCUT2D eigenvalue weighted by Gasteiger charge is 2.30. The summed E-state index contributed by atoms with van der Waals surface area (Å²) in [6, 6.07) is 0.440. The first-order valence-corrected chi connectivity index (χ1v) is 7.05. The second kappa shape index (κ2) is 4.53. The van der Waals surface area contributed by atoms with Crippen LogP contribution in [0.3, 0.4) is 0 Å². The van der Waals surface area contributed by atoms with Crippen LogP contribution in [0, 0.1) is 4.77 Å². The van der Waals surface area contributed by atoms with Crippen molar-refractivity contribution < 1.29 is 0 Å². The van der Waals surface area contributed by atoms with E-state index in [1.807, 2.05) is 0 Å². The topological polar surface area (TPSA) is 36.9 Å². The summed E-state index contributed by atoms with van der Waals surface area (Å²) < 4.78 is 3.03. The van der Waals surface area contributed by atoms with E-state index in [0.717, 1.165) is 11.3 Å². The Balaban J connectivity index is 1.77. The normalized spacial score (nSPS) is 23.1. The fourth-order valence-electron chi connectivity index (χ4n) is 2.79. The van der Waals surface area contributed by atoms with Gasteiger partial charge in [0.05, 0.1) is 0 Å². The summed E-state index contributed by atoms with van der Waals surface area (Å²) in [5, 5.41) is 7.36. The Hall–Kier alpha value is -0.680. The Morgan fingerprint density at radius 2 is 2.12 bits per heavy atom. The number of rotatable bonds is 4. The number of hydrogen-bond donors (Lipinski definition) is 1. The lowest BCUT2D eigenvalue weighted by Gasteiger charge is -2.22. The predicted octanol–water partition coefficient (Wildman–Crippen LogP) is 2.47. The molecule has 1 saturated heterocycles. The van der Waals surface area contributed by atoms with Crippen molar-refractivity contribution in [1.29, 1.82) is 0 Å². The fraction of sp³-hybridized carbons (Fsp3) is 0.833. The van der Waals surface area contributed by atoms with Crippen molar-refractivity contribution in [2.75, 3.05) is 19.6 Å². The lowest BCUT2D eigenvalue weighted by Crippen LogP contribution is -2.27. The maximum atomic E-state index is 5.36. The lowest BCUT2D eigenvalue weighted by molar-refractivity contribution is 0.283. The molecule has 2 fully saturated rings. The van der Waals surface area contributed by atoms with Gasteiger partial charge in [0.1, 0.15) is 5.82 Å². The quantitative estimate of drug-likeness (QED) is 0.836. The molecule has 1 unspecified atom stereocenters. The van der Waals surface area contributed by atoms with Crippen LogP contribution in [0.25, 0.3) is 0 Å². The molecule has 1 atom stereocenters. The summed E-state index contributed by atoms with van der Waals surface area (Å²) >= 11 is 5.36. The minimum absolute atomic E-state index is 0.440. The van der Waals surface area contributed by atoms with Crippen LogP contribution in [0.15, 0.2) is 0 Å². The molecule has 1 aliphatic carbocycles. The first-order valence-electron chi connectivity index (χ1n) is 6.65. The summed E-state index contributed by atoms with van der Waals surface area (Å²) in [5.41, 5.74) is 0. The van der Waals surface area contributed by atoms with Gasteiger partial charge >= 0.3 is 0 Å². The smallest absolute Gasteiger partial charge is 0.195 e. The van der Waals surface area contributed by atoms with Gasteiger partial charge in [-0.2, -0.15) is 5.10 Å². The Kier molecular flexibility index (Phi) is 3.04. The van der Waals surface area contributed by atoms with Crippen LogP contribution in [0.5, 0.6) is 0 Å². The largest absolute Gasteiger partial charge is 0.301 e. The van der Waals surface area contributed by atoms with E-state index < -0.39 is 0 Å². The van der Waals surface area contributed by atoms with Gasteiger partial charge in [0.15, 0.2) is 4.77 Å². The van der Waals surface area contributed by atoms with Crippen LogP contribution in [-0.4, -0.2) is 39.3 Å². The van der Waals surface area contributed by atoms with Gasteiger partial charge in [-0.25, -0.2) is 0 Å². The first-order chi connectivity index (χ1) is 8.25. The van der Waals surface area contributed by atoms with Crippen molar-refractivity contribution >= 4 is 12.2 Å². The Morgan fingerprint density at radius 3 is 2.76 bits per heavy atom. The Labute approximate surface area is 107 Å².